The highest BCUT2D eigenvalue weighted by Gasteiger charge is 2.35. The Labute approximate surface area is 184 Å². The lowest BCUT2D eigenvalue weighted by molar-refractivity contribution is 0.181. The monoisotopic (exact) mass is 430 g/mol. The average Bonchev–Trinajstić information content (AvgIpc) is 2.79. The zero-order valence-corrected chi connectivity index (χ0v) is 18.3. The van der Waals surface area contributed by atoms with E-state index in [1.807, 2.05) is 43.3 Å². The lowest BCUT2D eigenvalue weighted by atomic mass is 9.87. The summed E-state index contributed by atoms with van der Waals surface area (Å²) in [6.45, 7) is 3.67. The highest BCUT2D eigenvalue weighted by atomic mass is 32.2. The summed E-state index contributed by atoms with van der Waals surface area (Å²) in [5, 5.41) is 0. The van der Waals surface area contributed by atoms with E-state index in [2.05, 4.69) is 46.0 Å². The van der Waals surface area contributed by atoms with E-state index in [4.69, 9.17) is 0 Å². The van der Waals surface area contributed by atoms with Crippen LogP contribution in [-0.2, 0) is 23.0 Å². The number of nitrogens with zero attached hydrogens (tertiary/aromatic N) is 1. The fourth-order valence-electron chi connectivity index (χ4n) is 4.63. The van der Waals surface area contributed by atoms with Crippen molar-refractivity contribution in [2.45, 2.75) is 36.9 Å². The molecule has 1 aliphatic heterocycles. The molecule has 2 aliphatic rings. The van der Waals surface area contributed by atoms with Crippen LogP contribution < -0.4 is 4.72 Å². The number of hydrogen-bond donors (Lipinski definition) is 1. The molecule has 0 aromatic heterocycles. The molecule has 2 atom stereocenters. The van der Waals surface area contributed by atoms with Crippen LogP contribution in [0.25, 0.3) is 6.08 Å². The molecule has 31 heavy (non-hydrogen) atoms. The minimum Gasteiger partial charge on any atom is -0.290 e. The van der Waals surface area contributed by atoms with Gasteiger partial charge in [-0.1, -0.05) is 78.4 Å². The van der Waals surface area contributed by atoms with E-state index in [-0.39, 0.29) is 12.1 Å². The van der Waals surface area contributed by atoms with Crippen LogP contribution in [0.4, 0.5) is 0 Å². The van der Waals surface area contributed by atoms with Crippen molar-refractivity contribution in [1.29, 1.82) is 0 Å². The van der Waals surface area contributed by atoms with E-state index in [1.165, 1.54) is 11.1 Å². The predicted molar refractivity (Wildman–Crippen MR) is 124 cm³/mol. The van der Waals surface area contributed by atoms with Gasteiger partial charge in [0.05, 0.1) is 10.9 Å². The van der Waals surface area contributed by atoms with Crippen LogP contribution >= 0.6 is 0 Å². The van der Waals surface area contributed by atoms with Crippen molar-refractivity contribution < 1.29 is 8.42 Å². The first-order chi connectivity index (χ1) is 15.0. The first kappa shape index (κ1) is 20.2. The molecule has 0 radical (unpaired) electrons. The molecule has 4 nitrogen and oxygen atoms in total. The van der Waals surface area contributed by atoms with Crippen molar-refractivity contribution in [3.8, 4) is 0 Å². The van der Waals surface area contributed by atoms with Crippen molar-refractivity contribution in [2.24, 2.45) is 0 Å². The fourth-order valence-corrected chi connectivity index (χ4v) is 5.86. The molecule has 0 bridgehead atoms. The largest absolute Gasteiger partial charge is 0.290 e. The van der Waals surface area contributed by atoms with Crippen molar-refractivity contribution in [3.05, 3.63) is 107 Å². The summed E-state index contributed by atoms with van der Waals surface area (Å²) in [6.07, 6.45) is 5.25. The molecule has 1 N–H and O–H groups in total. The van der Waals surface area contributed by atoms with Gasteiger partial charge in [0.2, 0.25) is 10.0 Å². The highest BCUT2D eigenvalue weighted by Crippen LogP contribution is 2.34. The van der Waals surface area contributed by atoms with Gasteiger partial charge in [-0.25, -0.2) is 13.1 Å². The number of fused-ring (bicyclic) bond motifs is 2. The quantitative estimate of drug-likeness (QED) is 0.665. The maximum Gasteiger partial charge on any atom is 0.241 e. The molecule has 0 saturated heterocycles. The zero-order chi connectivity index (χ0) is 21.4. The van der Waals surface area contributed by atoms with Crippen LogP contribution in [0.5, 0.6) is 0 Å². The smallest absolute Gasteiger partial charge is 0.241 e. The third-order valence-corrected chi connectivity index (χ3v) is 7.80. The number of nitrogens with one attached hydrogen (secondary N) is 1. The Morgan fingerprint density at radius 1 is 0.903 bits per heavy atom. The standard InChI is InChI=1S/C26H26N2O2S/c1-19-10-13-23(14-11-19)31(29,30)27-26-24-9-5-4-7-21(24)12-15-25(26)28-17-16-20-6-2-3-8-22(20)18-28/h2-15,25-27H,16-18H2,1H3/t25-,26-/m0/s1. The van der Waals surface area contributed by atoms with Gasteiger partial charge in [-0.2, -0.15) is 0 Å². The number of aryl methyl sites for hydroxylation is 1. The van der Waals surface area contributed by atoms with Crippen LogP contribution in [0.3, 0.4) is 0 Å². The van der Waals surface area contributed by atoms with E-state index in [1.54, 1.807) is 12.1 Å². The average molecular weight is 431 g/mol. The summed E-state index contributed by atoms with van der Waals surface area (Å²) >= 11 is 0. The minimum atomic E-state index is -3.66. The van der Waals surface area contributed by atoms with E-state index >= 15 is 0 Å². The van der Waals surface area contributed by atoms with Crippen molar-refractivity contribution in [3.63, 3.8) is 0 Å². The van der Waals surface area contributed by atoms with Crippen LogP contribution in [0.1, 0.15) is 33.9 Å². The SMILES string of the molecule is Cc1ccc(S(=O)(=O)N[C@H]2c3ccccc3C=C[C@@H]2N2CCc3ccccc3C2)cc1. The summed E-state index contributed by atoms with van der Waals surface area (Å²) in [5.41, 5.74) is 5.82. The molecule has 0 fully saturated rings. The second kappa shape index (κ2) is 8.08. The van der Waals surface area contributed by atoms with Gasteiger partial charge in [-0.05, 0) is 47.7 Å². The third kappa shape index (κ3) is 3.97. The number of sulfonamides is 1. The first-order valence-electron chi connectivity index (χ1n) is 10.7. The molecule has 1 aliphatic carbocycles. The minimum absolute atomic E-state index is 0.0523. The molecular formula is C26H26N2O2S. The van der Waals surface area contributed by atoms with E-state index < -0.39 is 10.0 Å². The first-order valence-corrected chi connectivity index (χ1v) is 12.2. The zero-order valence-electron chi connectivity index (χ0n) is 17.5. The van der Waals surface area contributed by atoms with Gasteiger partial charge in [-0.15, -0.1) is 0 Å². The normalized spacial score (nSPS) is 20.8. The Balaban J connectivity index is 1.50. The molecule has 0 unspecified atom stereocenters. The van der Waals surface area contributed by atoms with Crippen LogP contribution in [-0.4, -0.2) is 25.9 Å². The van der Waals surface area contributed by atoms with Crippen LogP contribution in [0, 0.1) is 6.92 Å². The summed E-state index contributed by atoms with van der Waals surface area (Å²) in [6, 6.07) is 23.2. The summed E-state index contributed by atoms with van der Waals surface area (Å²) in [4.78, 5) is 2.68. The molecule has 5 heteroatoms. The van der Waals surface area contributed by atoms with Gasteiger partial charge in [-0.3, -0.25) is 4.90 Å². The number of hydrogen-bond acceptors (Lipinski definition) is 3. The maximum absolute atomic E-state index is 13.3. The summed E-state index contributed by atoms with van der Waals surface area (Å²) in [7, 11) is -3.66. The molecule has 3 aromatic rings. The van der Waals surface area contributed by atoms with E-state index in [0.717, 1.165) is 36.2 Å². The lowest BCUT2D eigenvalue weighted by Crippen LogP contribution is -2.48. The van der Waals surface area contributed by atoms with Crippen molar-refractivity contribution >= 4 is 16.1 Å². The van der Waals surface area contributed by atoms with Gasteiger partial charge in [0, 0.05) is 19.1 Å². The number of rotatable bonds is 4. The topological polar surface area (TPSA) is 49.4 Å². The van der Waals surface area contributed by atoms with E-state index in [0.29, 0.717) is 4.90 Å². The Kier molecular flexibility index (Phi) is 5.26. The van der Waals surface area contributed by atoms with Crippen molar-refractivity contribution in [1.82, 2.24) is 9.62 Å². The van der Waals surface area contributed by atoms with Gasteiger partial charge in [0.15, 0.2) is 0 Å². The molecular weight excluding hydrogens is 404 g/mol. The fraction of sp³-hybridized carbons (Fsp3) is 0.231. The number of benzene rings is 3. The van der Waals surface area contributed by atoms with Gasteiger partial charge < -0.3 is 0 Å². The molecule has 0 spiro atoms. The van der Waals surface area contributed by atoms with Crippen molar-refractivity contribution in [2.75, 3.05) is 6.54 Å². The second-order valence-corrected chi connectivity index (χ2v) is 10.1. The Bertz CT molecular complexity index is 1230. The Morgan fingerprint density at radius 3 is 2.42 bits per heavy atom. The highest BCUT2D eigenvalue weighted by molar-refractivity contribution is 7.89. The van der Waals surface area contributed by atoms with Crippen LogP contribution in [0.2, 0.25) is 0 Å². The third-order valence-electron chi connectivity index (χ3n) is 6.34. The van der Waals surface area contributed by atoms with Gasteiger partial charge in [0.1, 0.15) is 0 Å². The summed E-state index contributed by atoms with van der Waals surface area (Å²) < 4.78 is 29.6. The maximum atomic E-state index is 13.3. The molecule has 0 amide bonds. The Hall–Kier alpha value is -2.73. The molecule has 3 aromatic carbocycles. The second-order valence-electron chi connectivity index (χ2n) is 8.38. The molecule has 5 rings (SSSR count). The summed E-state index contributed by atoms with van der Waals surface area (Å²) in [5.74, 6) is 0. The Morgan fingerprint density at radius 2 is 1.61 bits per heavy atom. The lowest BCUT2D eigenvalue weighted by Gasteiger charge is -2.40. The van der Waals surface area contributed by atoms with Crippen LogP contribution in [0.15, 0.2) is 83.8 Å². The molecule has 1 heterocycles. The van der Waals surface area contributed by atoms with E-state index in [9.17, 15) is 8.42 Å². The molecule has 158 valence electrons. The van der Waals surface area contributed by atoms with Gasteiger partial charge in [0.25, 0.3) is 0 Å². The molecule has 0 saturated carbocycles. The van der Waals surface area contributed by atoms with Gasteiger partial charge >= 0.3 is 0 Å². The predicted octanol–water partition coefficient (Wildman–Crippen LogP) is 4.47.